The van der Waals surface area contributed by atoms with E-state index in [1.165, 1.54) is 4.57 Å². The van der Waals surface area contributed by atoms with Crippen LogP contribution < -0.4 is 27.7 Å². The van der Waals surface area contributed by atoms with Crippen molar-refractivity contribution >= 4 is 29.3 Å². The van der Waals surface area contributed by atoms with Gasteiger partial charge >= 0.3 is 0 Å². The number of carbonyl (C=O) groups excluding carboxylic acids is 1. The minimum atomic E-state index is -0.424. The van der Waals surface area contributed by atoms with E-state index in [0.29, 0.717) is 18.7 Å². The molecule has 0 saturated heterocycles. The zero-order valence-corrected chi connectivity index (χ0v) is 16.8. The van der Waals surface area contributed by atoms with Crippen molar-refractivity contribution in [3.05, 3.63) is 57.1 Å². The third-order valence-corrected chi connectivity index (χ3v) is 4.26. The van der Waals surface area contributed by atoms with Gasteiger partial charge in [-0.05, 0) is 24.1 Å². The molecule has 0 radical (unpaired) electrons. The third kappa shape index (κ3) is 7.63. The molecule has 10 nitrogen and oxygen atoms in total. The zero-order chi connectivity index (χ0) is 21.2. The Bertz CT molecular complexity index is 912. The van der Waals surface area contributed by atoms with Crippen LogP contribution in [0.1, 0.15) is 18.7 Å². The molecule has 1 heterocycles. The molecule has 30 heavy (non-hydrogen) atoms. The van der Waals surface area contributed by atoms with E-state index in [0.717, 1.165) is 5.56 Å². The number of halogens is 1. The van der Waals surface area contributed by atoms with E-state index in [4.69, 9.17) is 27.9 Å². The number of rotatable bonds is 10. The van der Waals surface area contributed by atoms with E-state index in [1.807, 2.05) is 30.3 Å². The minimum Gasteiger partial charge on any atom is -0.391 e. The summed E-state index contributed by atoms with van der Waals surface area (Å²) in [5, 5.41) is 9.09. The van der Waals surface area contributed by atoms with Crippen LogP contribution in [-0.2, 0) is 22.6 Å². The van der Waals surface area contributed by atoms with E-state index in [-0.39, 0.29) is 50.0 Å². The lowest BCUT2D eigenvalue weighted by molar-refractivity contribution is -0.122. The van der Waals surface area contributed by atoms with Crippen molar-refractivity contribution in [1.29, 1.82) is 0 Å². The molecular formula is C19H28ClN7O3. The molecule has 11 heteroatoms. The normalized spacial score (nSPS) is 9.93. The molecular weight excluding hydrogens is 410 g/mol. The summed E-state index contributed by atoms with van der Waals surface area (Å²) in [5.74, 6) is -0.501. The van der Waals surface area contributed by atoms with Gasteiger partial charge in [0.15, 0.2) is 11.0 Å². The fourth-order valence-electron chi connectivity index (χ4n) is 2.45. The van der Waals surface area contributed by atoms with Crippen molar-refractivity contribution in [2.24, 2.45) is 16.6 Å². The monoisotopic (exact) mass is 437 g/mol. The molecule has 2 aromatic rings. The molecule has 0 saturated carbocycles. The van der Waals surface area contributed by atoms with Gasteiger partial charge in [0.1, 0.15) is 13.2 Å². The van der Waals surface area contributed by atoms with E-state index in [9.17, 15) is 9.59 Å². The van der Waals surface area contributed by atoms with Gasteiger partial charge in [-0.15, -0.1) is 0 Å². The molecule has 0 unspecified atom stereocenters. The van der Waals surface area contributed by atoms with Crippen LogP contribution in [0.2, 0.25) is 5.15 Å². The van der Waals surface area contributed by atoms with Crippen molar-refractivity contribution in [2.45, 2.75) is 27.3 Å². The number of carbonyl (C=O) groups is 1. The zero-order valence-electron chi connectivity index (χ0n) is 16.0. The van der Waals surface area contributed by atoms with Gasteiger partial charge in [0.25, 0.3) is 5.56 Å². The SMILES string of the molecule is C.Cc1c(Cl)nc(NCCc2ccccc2)c(=O)n1CC(=O)NCCON=C(N)N. The van der Waals surface area contributed by atoms with Crippen molar-refractivity contribution in [1.82, 2.24) is 14.9 Å². The number of amides is 1. The molecule has 0 fully saturated rings. The first-order valence-corrected chi connectivity index (χ1v) is 9.28. The highest BCUT2D eigenvalue weighted by Gasteiger charge is 2.15. The number of hydrogen-bond acceptors (Lipinski definition) is 6. The Morgan fingerprint density at radius 2 is 1.97 bits per heavy atom. The van der Waals surface area contributed by atoms with Crippen molar-refractivity contribution in [3.8, 4) is 0 Å². The summed E-state index contributed by atoms with van der Waals surface area (Å²) >= 11 is 6.14. The summed E-state index contributed by atoms with van der Waals surface area (Å²) in [5.41, 5.74) is 11.3. The number of anilines is 1. The van der Waals surface area contributed by atoms with E-state index in [2.05, 4.69) is 20.8 Å². The number of nitrogens with zero attached hydrogens (tertiary/aromatic N) is 3. The van der Waals surface area contributed by atoms with Gasteiger partial charge in [-0.3, -0.25) is 14.2 Å². The Morgan fingerprint density at radius 3 is 2.63 bits per heavy atom. The van der Waals surface area contributed by atoms with Crippen LogP contribution in [-0.4, -0.2) is 41.1 Å². The number of nitrogens with two attached hydrogens (primary N) is 2. The summed E-state index contributed by atoms with van der Waals surface area (Å²) in [4.78, 5) is 33.7. The van der Waals surface area contributed by atoms with Gasteiger partial charge < -0.3 is 26.9 Å². The summed E-state index contributed by atoms with van der Waals surface area (Å²) in [7, 11) is 0. The van der Waals surface area contributed by atoms with Crippen molar-refractivity contribution in [3.63, 3.8) is 0 Å². The fraction of sp³-hybridized carbons (Fsp3) is 0.368. The Kier molecular flexibility index (Phi) is 10.2. The van der Waals surface area contributed by atoms with Crippen LogP contribution in [0.5, 0.6) is 0 Å². The molecule has 2 rings (SSSR count). The topological polar surface area (TPSA) is 150 Å². The smallest absolute Gasteiger partial charge is 0.294 e. The number of benzene rings is 1. The second-order valence-corrected chi connectivity index (χ2v) is 6.45. The molecule has 0 aliphatic heterocycles. The number of hydrogen-bond donors (Lipinski definition) is 4. The highest BCUT2D eigenvalue weighted by Crippen LogP contribution is 2.12. The van der Waals surface area contributed by atoms with Crippen LogP contribution >= 0.6 is 11.6 Å². The average molecular weight is 438 g/mol. The lowest BCUT2D eigenvalue weighted by Gasteiger charge is -2.14. The van der Waals surface area contributed by atoms with Crippen molar-refractivity contribution < 1.29 is 9.63 Å². The molecule has 0 spiro atoms. The molecule has 1 aromatic heterocycles. The Morgan fingerprint density at radius 1 is 1.27 bits per heavy atom. The van der Waals surface area contributed by atoms with Gasteiger partial charge in [-0.2, -0.15) is 0 Å². The molecule has 0 bridgehead atoms. The predicted octanol–water partition coefficient (Wildman–Crippen LogP) is 0.817. The molecule has 0 aliphatic carbocycles. The lowest BCUT2D eigenvalue weighted by atomic mass is 10.1. The Hall–Kier alpha value is -3.27. The Labute approximate surface area is 180 Å². The molecule has 164 valence electrons. The Balaban J connectivity index is 0.00000450. The maximum atomic E-state index is 12.7. The summed E-state index contributed by atoms with van der Waals surface area (Å²) < 4.78 is 1.27. The van der Waals surface area contributed by atoms with Gasteiger partial charge in [-0.1, -0.05) is 49.4 Å². The van der Waals surface area contributed by atoms with Crippen LogP contribution in [0.4, 0.5) is 5.82 Å². The van der Waals surface area contributed by atoms with E-state index >= 15 is 0 Å². The third-order valence-electron chi connectivity index (χ3n) is 3.90. The first-order valence-electron chi connectivity index (χ1n) is 8.90. The van der Waals surface area contributed by atoms with Crippen molar-refractivity contribution in [2.75, 3.05) is 25.0 Å². The lowest BCUT2D eigenvalue weighted by Crippen LogP contribution is -2.36. The average Bonchev–Trinajstić information content (AvgIpc) is 2.69. The molecule has 0 aliphatic rings. The number of nitrogens with one attached hydrogen (secondary N) is 2. The van der Waals surface area contributed by atoms with Crippen LogP contribution in [0.25, 0.3) is 0 Å². The minimum absolute atomic E-state index is 0. The van der Waals surface area contributed by atoms with Crippen LogP contribution in [0.3, 0.4) is 0 Å². The van der Waals surface area contributed by atoms with Gasteiger partial charge in [0.2, 0.25) is 11.9 Å². The maximum absolute atomic E-state index is 12.7. The van der Waals surface area contributed by atoms with Gasteiger partial charge in [0, 0.05) is 6.54 Å². The van der Waals surface area contributed by atoms with E-state index < -0.39 is 5.56 Å². The van der Waals surface area contributed by atoms with Gasteiger partial charge in [-0.25, -0.2) is 4.98 Å². The van der Waals surface area contributed by atoms with Gasteiger partial charge in [0.05, 0.1) is 12.2 Å². The molecule has 0 atom stereocenters. The quantitative estimate of drug-likeness (QED) is 0.186. The molecule has 1 aromatic carbocycles. The maximum Gasteiger partial charge on any atom is 0.294 e. The van der Waals surface area contributed by atoms with Crippen LogP contribution in [0, 0.1) is 6.92 Å². The highest BCUT2D eigenvalue weighted by molar-refractivity contribution is 6.30. The standard InChI is InChI=1S/C18H24ClN7O3.CH4/c1-12-15(19)24-16(23-8-7-13-5-3-2-4-6-13)17(28)26(12)11-14(27)22-9-10-29-25-18(20)21;/h2-6H,7-11H2,1H3,(H,22,27)(H,23,24)(H4,20,21,25);1H4. The first kappa shape index (κ1) is 24.8. The van der Waals surface area contributed by atoms with Crippen LogP contribution in [0.15, 0.2) is 40.3 Å². The van der Waals surface area contributed by atoms with E-state index in [1.54, 1.807) is 6.92 Å². The number of oxime groups is 1. The second kappa shape index (κ2) is 12.3. The highest BCUT2D eigenvalue weighted by atomic mass is 35.5. The number of aromatic nitrogens is 2. The fourth-order valence-corrected chi connectivity index (χ4v) is 2.64. The second-order valence-electron chi connectivity index (χ2n) is 6.09. The number of guanidine groups is 1. The summed E-state index contributed by atoms with van der Waals surface area (Å²) in [6.45, 7) is 2.17. The predicted molar refractivity (Wildman–Crippen MR) is 118 cm³/mol. The molecule has 1 amide bonds. The molecule has 6 N–H and O–H groups in total. The largest absolute Gasteiger partial charge is 0.391 e. The summed E-state index contributed by atoms with van der Waals surface area (Å²) in [6, 6.07) is 9.83. The first-order chi connectivity index (χ1) is 13.9. The summed E-state index contributed by atoms with van der Waals surface area (Å²) in [6.07, 6.45) is 0.712.